The number of ether oxygens (including phenoxy) is 1. The molecule has 142 valence electrons. The van der Waals surface area contributed by atoms with Gasteiger partial charge >= 0.3 is 5.97 Å². The number of hydrogen-bond donors (Lipinski definition) is 1. The maximum absolute atomic E-state index is 12.4. The average Bonchev–Trinajstić information content (AvgIpc) is 3.08. The maximum atomic E-state index is 12.4. The number of H-pyrrole nitrogens is 1. The molecule has 0 saturated heterocycles. The van der Waals surface area contributed by atoms with E-state index in [9.17, 15) is 4.79 Å². The van der Waals surface area contributed by atoms with Crippen LogP contribution in [-0.2, 0) is 20.7 Å². The lowest BCUT2D eigenvalue weighted by Crippen LogP contribution is -2.28. The van der Waals surface area contributed by atoms with Crippen LogP contribution >= 0.6 is 23.4 Å². The predicted octanol–water partition coefficient (Wildman–Crippen LogP) is 5.94. The van der Waals surface area contributed by atoms with E-state index in [1.807, 2.05) is 37.4 Å². The van der Waals surface area contributed by atoms with E-state index in [1.54, 1.807) is 11.8 Å². The standard InChI is InChI=1S/C22H24ClNO2S/c1-4-26-20(25)12-22(2,16-8-10-17(23)11-9-16)19-13-24-21-15(14-27-3)6-5-7-18(19)21/h5-11,13,24H,4,12,14H2,1-3H3. The van der Waals surface area contributed by atoms with Gasteiger partial charge < -0.3 is 9.72 Å². The first-order valence-corrected chi connectivity index (χ1v) is 10.8. The lowest BCUT2D eigenvalue weighted by molar-refractivity contribution is -0.144. The first-order valence-electron chi connectivity index (χ1n) is 8.99. The van der Waals surface area contributed by atoms with Crippen molar-refractivity contribution < 1.29 is 9.53 Å². The molecule has 3 rings (SSSR count). The van der Waals surface area contributed by atoms with Crippen LogP contribution in [-0.4, -0.2) is 23.8 Å². The van der Waals surface area contributed by atoms with Gasteiger partial charge in [0, 0.05) is 33.3 Å². The summed E-state index contributed by atoms with van der Waals surface area (Å²) in [6.45, 7) is 4.30. The predicted molar refractivity (Wildman–Crippen MR) is 115 cm³/mol. The molecule has 0 aliphatic heterocycles. The Morgan fingerprint density at radius 2 is 1.96 bits per heavy atom. The number of halogens is 1. The van der Waals surface area contributed by atoms with Crippen LogP contribution in [0.1, 0.15) is 37.0 Å². The highest BCUT2D eigenvalue weighted by Gasteiger charge is 2.34. The summed E-state index contributed by atoms with van der Waals surface area (Å²) in [5.74, 6) is 0.733. The second-order valence-corrected chi connectivity index (χ2v) is 8.10. The summed E-state index contributed by atoms with van der Waals surface area (Å²) in [6.07, 6.45) is 4.39. The van der Waals surface area contributed by atoms with Crippen molar-refractivity contribution in [3.8, 4) is 0 Å². The zero-order valence-electron chi connectivity index (χ0n) is 15.8. The fraction of sp³-hybridized carbons (Fsp3) is 0.318. The van der Waals surface area contributed by atoms with Crippen molar-refractivity contribution in [2.24, 2.45) is 0 Å². The molecule has 3 nitrogen and oxygen atoms in total. The number of para-hydroxylation sites is 1. The number of carbonyl (C=O) groups excluding carboxylic acids is 1. The second kappa shape index (κ2) is 8.41. The van der Waals surface area contributed by atoms with E-state index in [0.717, 1.165) is 27.8 Å². The molecule has 0 saturated carbocycles. The molecule has 0 aliphatic carbocycles. The Labute approximate surface area is 169 Å². The number of thioether (sulfide) groups is 1. The smallest absolute Gasteiger partial charge is 0.307 e. The molecule has 1 unspecified atom stereocenters. The highest BCUT2D eigenvalue weighted by molar-refractivity contribution is 7.97. The monoisotopic (exact) mass is 401 g/mol. The van der Waals surface area contributed by atoms with Crippen molar-refractivity contribution in [1.82, 2.24) is 4.98 Å². The lowest BCUT2D eigenvalue weighted by Gasteiger charge is -2.29. The van der Waals surface area contributed by atoms with E-state index < -0.39 is 5.41 Å². The van der Waals surface area contributed by atoms with E-state index in [4.69, 9.17) is 16.3 Å². The van der Waals surface area contributed by atoms with E-state index >= 15 is 0 Å². The average molecular weight is 402 g/mol. The second-order valence-electron chi connectivity index (χ2n) is 6.80. The van der Waals surface area contributed by atoms with Crippen LogP contribution < -0.4 is 0 Å². The number of hydrogen-bond acceptors (Lipinski definition) is 3. The molecule has 1 atom stereocenters. The number of aromatic nitrogens is 1. The van der Waals surface area contributed by atoms with Gasteiger partial charge in [-0.25, -0.2) is 0 Å². The SMILES string of the molecule is CCOC(=O)CC(C)(c1ccc(Cl)cc1)c1c[nH]c2c(CSC)cccc12. The van der Waals surface area contributed by atoms with Crippen LogP contribution in [0.2, 0.25) is 5.02 Å². The van der Waals surface area contributed by atoms with Gasteiger partial charge in [-0.05, 0) is 42.0 Å². The zero-order chi connectivity index (χ0) is 19.4. The van der Waals surface area contributed by atoms with Crippen LogP contribution in [0.5, 0.6) is 0 Å². The Hall–Kier alpha value is -1.91. The highest BCUT2D eigenvalue weighted by Crippen LogP contribution is 2.40. The first kappa shape index (κ1) is 19.8. The minimum Gasteiger partial charge on any atom is -0.466 e. The Morgan fingerprint density at radius 3 is 2.63 bits per heavy atom. The molecule has 1 heterocycles. The first-order chi connectivity index (χ1) is 13.0. The van der Waals surface area contributed by atoms with Crippen LogP contribution in [0, 0.1) is 0 Å². The summed E-state index contributed by atoms with van der Waals surface area (Å²) in [5.41, 5.74) is 4.01. The van der Waals surface area contributed by atoms with Gasteiger partial charge in [0.25, 0.3) is 0 Å². The third kappa shape index (κ3) is 4.02. The van der Waals surface area contributed by atoms with Crippen LogP contribution in [0.25, 0.3) is 10.9 Å². The van der Waals surface area contributed by atoms with Gasteiger partial charge in [0.2, 0.25) is 0 Å². The third-order valence-corrected chi connectivity index (χ3v) is 5.83. The maximum Gasteiger partial charge on any atom is 0.307 e. The number of nitrogens with one attached hydrogen (secondary N) is 1. The summed E-state index contributed by atoms with van der Waals surface area (Å²) >= 11 is 7.89. The highest BCUT2D eigenvalue weighted by atomic mass is 35.5. The van der Waals surface area contributed by atoms with E-state index in [1.165, 1.54) is 5.56 Å². The normalized spacial score (nSPS) is 13.5. The molecule has 2 aromatic carbocycles. The minimum atomic E-state index is -0.521. The number of fused-ring (bicyclic) bond motifs is 1. The summed E-state index contributed by atoms with van der Waals surface area (Å²) in [7, 11) is 0. The van der Waals surface area contributed by atoms with Gasteiger partial charge in [0.15, 0.2) is 0 Å². The van der Waals surface area contributed by atoms with Crippen molar-refractivity contribution >= 4 is 40.2 Å². The van der Waals surface area contributed by atoms with Gasteiger partial charge in [-0.2, -0.15) is 11.8 Å². The molecule has 0 bridgehead atoms. The van der Waals surface area contributed by atoms with Crippen LogP contribution in [0.3, 0.4) is 0 Å². The van der Waals surface area contributed by atoms with Crippen molar-refractivity contribution in [2.45, 2.75) is 31.4 Å². The van der Waals surface area contributed by atoms with Gasteiger partial charge in [0.1, 0.15) is 0 Å². The van der Waals surface area contributed by atoms with Crippen LogP contribution in [0.15, 0.2) is 48.7 Å². The molecule has 0 spiro atoms. The number of carbonyl (C=O) groups is 1. The Bertz CT molecular complexity index is 935. The summed E-state index contributed by atoms with van der Waals surface area (Å²) in [4.78, 5) is 15.9. The molecule has 0 radical (unpaired) electrons. The third-order valence-electron chi connectivity index (χ3n) is 4.98. The molecule has 0 aliphatic rings. The molecule has 0 amide bonds. The molecule has 5 heteroatoms. The van der Waals surface area contributed by atoms with Crippen LogP contribution in [0.4, 0.5) is 0 Å². The molecule has 1 N–H and O–H groups in total. The minimum absolute atomic E-state index is 0.204. The van der Waals surface area contributed by atoms with Gasteiger partial charge in [-0.3, -0.25) is 4.79 Å². The quantitative estimate of drug-likeness (QED) is 0.498. The largest absolute Gasteiger partial charge is 0.466 e. The van der Waals surface area contributed by atoms with Gasteiger partial charge in [-0.1, -0.05) is 48.9 Å². The van der Waals surface area contributed by atoms with Crippen molar-refractivity contribution in [2.75, 3.05) is 12.9 Å². The van der Waals surface area contributed by atoms with Gasteiger partial charge in [-0.15, -0.1) is 0 Å². The molecule has 27 heavy (non-hydrogen) atoms. The van der Waals surface area contributed by atoms with E-state index in [-0.39, 0.29) is 12.4 Å². The Balaban J connectivity index is 2.16. The van der Waals surface area contributed by atoms with Crippen molar-refractivity contribution in [3.05, 3.63) is 70.4 Å². The van der Waals surface area contributed by atoms with E-state index in [0.29, 0.717) is 11.6 Å². The summed E-state index contributed by atoms with van der Waals surface area (Å²) < 4.78 is 5.28. The van der Waals surface area contributed by atoms with Crippen molar-refractivity contribution in [3.63, 3.8) is 0 Å². The molecule has 1 aromatic heterocycles. The Kier molecular flexibility index (Phi) is 6.18. The topological polar surface area (TPSA) is 42.1 Å². The number of aromatic amines is 1. The molecular weight excluding hydrogens is 378 g/mol. The fourth-order valence-corrected chi connectivity index (χ4v) is 4.30. The van der Waals surface area contributed by atoms with Crippen molar-refractivity contribution in [1.29, 1.82) is 0 Å². The number of benzene rings is 2. The molecule has 3 aromatic rings. The lowest BCUT2D eigenvalue weighted by atomic mass is 9.73. The van der Waals surface area contributed by atoms with E-state index in [2.05, 4.69) is 36.4 Å². The summed E-state index contributed by atoms with van der Waals surface area (Å²) in [5, 5.41) is 1.82. The van der Waals surface area contributed by atoms with Gasteiger partial charge in [0.05, 0.1) is 13.0 Å². The number of esters is 1. The zero-order valence-corrected chi connectivity index (χ0v) is 17.4. The molecular formula is C22H24ClNO2S. The number of rotatable bonds is 7. The fourth-order valence-electron chi connectivity index (χ4n) is 3.62. The molecule has 0 fully saturated rings. The summed E-state index contributed by atoms with van der Waals surface area (Å²) in [6, 6.07) is 14.1. The Morgan fingerprint density at radius 1 is 1.22 bits per heavy atom.